The van der Waals surface area contributed by atoms with Crippen LogP contribution in [0.2, 0.25) is 0 Å². The summed E-state index contributed by atoms with van der Waals surface area (Å²) in [5.74, 6) is -1.75. The van der Waals surface area contributed by atoms with Crippen molar-refractivity contribution in [2.75, 3.05) is 18.1 Å². The first-order valence-electron chi connectivity index (χ1n) is 10.8. The van der Waals surface area contributed by atoms with Gasteiger partial charge in [0.05, 0.1) is 12.7 Å². The first-order valence-corrected chi connectivity index (χ1v) is 10.8. The SMILES string of the molecule is CCOC(=O)CC(=O)N(c1cccc(F)c1)C1(C#N)CCN(Cc2ccccc2)C(C)C1. The summed E-state index contributed by atoms with van der Waals surface area (Å²) >= 11 is 0. The molecule has 1 aliphatic rings. The lowest BCUT2D eigenvalue weighted by atomic mass is 9.82. The predicted octanol–water partition coefficient (Wildman–Crippen LogP) is 4.06. The third kappa shape index (κ3) is 5.32. The van der Waals surface area contributed by atoms with Crippen molar-refractivity contribution in [3.05, 3.63) is 66.0 Å². The Morgan fingerprint density at radius 1 is 1.25 bits per heavy atom. The lowest BCUT2D eigenvalue weighted by Crippen LogP contribution is -2.59. The van der Waals surface area contributed by atoms with E-state index >= 15 is 0 Å². The molecule has 2 aromatic rings. The monoisotopic (exact) mass is 437 g/mol. The molecule has 1 saturated heterocycles. The summed E-state index contributed by atoms with van der Waals surface area (Å²) in [7, 11) is 0. The molecule has 1 amide bonds. The van der Waals surface area contributed by atoms with Crippen LogP contribution >= 0.6 is 0 Å². The number of amides is 1. The fourth-order valence-corrected chi connectivity index (χ4v) is 4.34. The minimum Gasteiger partial charge on any atom is -0.466 e. The van der Waals surface area contributed by atoms with E-state index in [0.29, 0.717) is 19.4 Å². The number of carbonyl (C=O) groups is 2. The van der Waals surface area contributed by atoms with Crippen LogP contribution in [0.3, 0.4) is 0 Å². The van der Waals surface area contributed by atoms with Crippen molar-refractivity contribution in [3.8, 4) is 6.07 Å². The van der Waals surface area contributed by atoms with Gasteiger partial charge in [-0.3, -0.25) is 19.4 Å². The van der Waals surface area contributed by atoms with E-state index in [0.717, 1.165) is 6.54 Å². The molecule has 32 heavy (non-hydrogen) atoms. The number of esters is 1. The van der Waals surface area contributed by atoms with Crippen molar-refractivity contribution in [2.45, 2.75) is 51.2 Å². The van der Waals surface area contributed by atoms with Gasteiger partial charge in [0.2, 0.25) is 5.91 Å². The number of nitriles is 1. The Balaban J connectivity index is 1.89. The zero-order valence-electron chi connectivity index (χ0n) is 18.5. The molecule has 0 N–H and O–H groups in total. The van der Waals surface area contributed by atoms with Gasteiger partial charge in [-0.25, -0.2) is 4.39 Å². The highest BCUT2D eigenvalue weighted by atomic mass is 19.1. The van der Waals surface area contributed by atoms with Gasteiger partial charge in [-0.2, -0.15) is 5.26 Å². The van der Waals surface area contributed by atoms with Crippen molar-refractivity contribution < 1.29 is 18.7 Å². The highest BCUT2D eigenvalue weighted by Gasteiger charge is 2.46. The van der Waals surface area contributed by atoms with Crippen LogP contribution in [-0.2, 0) is 20.9 Å². The number of nitrogens with zero attached hydrogens (tertiary/aromatic N) is 3. The molecule has 0 aliphatic carbocycles. The maximum Gasteiger partial charge on any atom is 0.315 e. The maximum absolute atomic E-state index is 14.0. The largest absolute Gasteiger partial charge is 0.466 e. The van der Waals surface area contributed by atoms with Crippen LogP contribution in [0.4, 0.5) is 10.1 Å². The van der Waals surface area contributed by atoms with E-state index in [4.69, 9.17) is 4.74 Å². The molecule has 1 heterocycles. The number of rotatable bonds is 7. The Hall–Kier alpha value is -3.24. The topological polar surface area (TPSA) is 73.6 Å². The fourth-order valence-electron chi connectivity index (χ4n) is 4.34. The van der Waals surface area contributed by atoms with E-state index < -0.39 is 29.7 Å². The Bertz CT molecular complexity index is 991. The van der Waals surface area contributed by atoms with E-state index in [-0.39, 0.29) is 18.3 Å². The van der Waals surface area contributed by atoms with Crippen LogP contribution in [0.25, 0.3) is 0 Å². The van der Waals surface area contributed by atoms with Crippen molar-refractivity contribution in [3.63, 3.8) is 0 Å². The molecule has 2 aromatic carbocycles. The van der Waals surface area contributed by atoms with Gasteiger partial charge in [0.15, 0.2) is 0 Å². The molecule has 7 heteroatoms. The van der Waals surface area contributed by atoms with E-state index in [1.165, 1.54) is 28.7 Å². The van der Waals surface area contributed by atoms with Crippen molar-refractivity contribution in [2.24, 2.45) is 0 Å². The molecular weight excluding hydrogens is 409 g/mol. The number of likely N-dealkylation sites (tertiary alicyclic amines) is 1. The summed E-state index contributed by atoms with van der Waals surface area (Å²) in [6.45, 7) is 5.16. The number of anilines is 1. The van der Waals surface area contributed by atoms with E-state index in [1.54, 1.807) is 13.0 Å². The van der Waals surface area contributed by atoms with E-state index in [9.17, 15) is 19.2 Å². The van der Waals surface area contributed by atoms with Gasteiger partial charge < -0.3 is 4.74 Å². The number of carbonyl (C=O) groups excluding carboxylic acids is 2. The maximum atomic E-state index is 14.0. The Morgan fingerprint density at radius 3 is 2.62 bits per heavy atom. The standard InChI is InChI=1S/C25H28FN3O3/c1-3-32-24(31)15-23(30)29(22-11-7-10-21(26)14-22)25(18-27)12-13-28(19(2)16-25)17-20-8-5-4-6-9-20/h4-11,14,19H,3,12-13,15-17H2,1-2H3. The normalized spacial score (nSPS) is 20.9. The molecule has 1 aliphatic heterocycles. The van der Waals surface area contributed by atoms with Gasteiger partial charge in [-0.15, -0.1) is 0 Å². The first-order chi connectivity index (χ1) is 15.4. The molecule has 3 rings (SSSR count). The molecule has 2 unspecified atom stereocenters. The second-order valence-corrected chi connectivity index (χ2v) is 8.09. The lowest BCUT2D eigenvalue weighted by molar-refractivity contribution is -0.145. The number of ether oxygens (including phenoxy) is 1. The fraction of sp³-hybridized carbons (Fsp3) is 0.400. The van der Waals surface area contributed by atoms with Crippen molar-refractivity contribution >= 4 is 17.6 Å². The number of piperidine rings is 1. The highest BCUT2D eigenvalue weighted by Crippen LogP contribution is 2.37. The molecule has 6 nitrogen and oxygen atoms in total. The summed E-state index contributed by atoms with van der Waals surface area (Å²) in [5, 5.41) is 10.3. The van der Waals surface area contributed by atoms with E-state index in [1.807, 2.05) is 25.1 Å². The zero-order chi connectivity index (χ0) is 23.1. The molecule has 0 saturated carbocycles. The minimum absolute atomic E-state index is 0.00458. The first kappa shape index (κ1) is 23.4. The molecule has 1 fully saturated rings. The van der Waals surface area contributed by atoms with Gasteiger partial charge in [0, 0.05) is 24.8 Å². The zero-order valence-corrected chi connectivity index (χ0v) is 18.5. The van der Waals surface area contributed by atoms with Crippen LogP contribution in [0.15, 0.2) is 54.6 Å². The number of halogens is 1. The predicted molar refractivity (Wildman–Crippen MR) is 119 cm³/mol. The molecule has 0 spiro atoms. The summed E-state index contributed by atoms with van der Waals surface area (Å²) in [6.07, 6.45) is 0.253. The lowest BCUT2D eigenvalue weighted by Gasteiger charge is -2.47. The third-order valence-electron chi connectivity index (χ3n) is 5.85. The van der Waals surface area contributed by atoms with Gasteiger partial charge in [0.1, 0.15) is 17.8 Å². The molecule has 0 bridgehead atoms. The average molecular weight is 438 g/mol. The number of benzene rings is 2. The van der Waals surface area contributed by atoms with Crippen molar-refractivity contribution in [1.29, 1.82) is 5.26 Å². The smallest absolute Gasteiger partial charge is 0.315 e. The van der Waals surface area contributed by atoms with Gasteiger partial charge in [0.25, 0.3) is 0 Å². The molecule has 168 valence electrons. The highest BCUT2D eigenvalue weighted by molar-refractivity contribution is 6.04. The summed E-state index contributed by atoms with van der Waals surface area (Å²) in [4.78, 5) is 28.8. The third-order valence-corrected chi connectivity index (χ3v) is 5.85. The Labute approximate surface area is 188 Å². The second kappa shape index (κ2) is 10.4. The summed E-state index contributed by atoms with van der Waals surface area (Å²) < 4.78 is 19.0. The van der Waals surface area contributed by atoms with Crippen LogP contribution in [-0.4, -0.2) is 41.5 Å². The van der Waals surface area contributed by atoms with Crippen LogP contribution in [0.1, 0.15) is 38.7 Å². The van der Waals surface area contributed by atoms with Gasteiger partial charge in [-0.05, 0) is 50.5 Å². The molecule has 2 atom stereocenters. The Morgan fingerprint density at radius 2 is 2.00 bits per heavy atom. The quantitative estimate of drug-likeness (QED) is 0.482. The summed E-state index contributed by atoms with van der Waals surface area (Å²) in [5.41, 5.74) is 0.248. The number of hydrogen-bond acceptors (Lipinski definition) is 5. The second-order valence-electron chi connectivity index (χ2n) is 8.09. The van der Waals surface area contributed by atoms with Crippen LogP contribution < -0.4 is 4.90 Å². The van der Waals surface area contributed by atoms with Crippen LogP contribution in [0.5, 0.6) is 0 Å². The van der Waals surface area contributed by atoms with Gasteiger partial charge in [-0.1, -0.05) is 36.4 Å². The number of hydrogen-bond donors (Lipinski definition) is 0. The minimum atomic E-state index is -1.19. The Kier molecular flexibility index (Phi) is 7.60. The summed E-state index contributed by atoms with van der Waals surface area (Å²) in [6, 6.07) is 18.0. The van der Waals surface area contributed by atoms with Crippen LogP contribution in [0, 0.1) is 17.1 Å². The average Bonchev–Trinajstić information content (AvgIpc) is 2.76. The van der Waals surface area contributed by atoms with E-state index in [2.05, 4.69) is 23.1 Å². The van der Waals surface area contributed by atoms with Crippen molar-refractivity contribution in [1.82, 2.24) is 4.90 Å². The molecule has 0 radical (unpaired) electrons. The molecular formula is C25H28FN3O3. The molecule has 0 aromatic heterocycles. The van der Waals surface area contributed by atoms with Gasteiger partial charge >= 0.3 is 5.97 Å².